The van der Waals surface area contributed by atoms with Gasteiger partial charge >= 0.3 is 6.03 Å². The lowest BCUT2D eigenvalue weighted by atomic mass is 10.1. The van der Waals surface area contributed by atoms with E-state index in [2.05, 4.69) is 5.32 Å². The van der Waals surface area contributed by atoms with Crippen LogP contribution in [0.4, 0.5) is 9.18 Å². The van der Waals surface area contributed by atoms with Gasteiger partial charge in [0.2, 0.25) is 0 Å². The molecular weight excluding hydrogens is 307 g/mol. The van der Waals surface area contributed by atoms with Gasteiger partial charge in [0.15, 0.2) is 0 Å². The van der Waals surface area contributed by atoms with Crippen LogP contribution in [0.15, 0.2) is 48.5 Å². The van der Waals surface area contributed by atoms with E-state index in [4.69, 9.17) is 4.74 Å². The van der Waals surface area contributed by atoms with Gasteiger partial charge in [-0.2, -0.15) is 0 Å². The van der Waals surface area contributed by atoms with Crippen molar-refractivity contribution in [1.29, 1.82) is 0 Å². The van der Waals surface area contributed by atoms with Crippen molar-refractivity contribution in [3.63, 3.8) is 0 Å². The minimum atomic E-state index is -0.289. The van der Waals surface area contributed by atoms with Gasteiger partial charge in [-0.05, 0) is 43.7 Å². The van der Waals surface area contributed by atoms with Crippen LogP contribution in [0.2, 0.25) is 0 Å². The van der Waals surface area contributed by atoms with Crippen LogP contribution in [-0.4, -0.2) is 31.1 Å². The summed E-state index contributed by atoms with van der Waals surface area (Å²) in [7, 11) is 1.71. The smallest absolute Gasteiger partial charge is 0.317 e. The summed E-state index contributed by atoms with van der Waals surface area (Å²) < 4.78 is 18.6. The number of carbonyl (C=O) groups excluding carboxylic acids is 1. The zero-order valence-electron chi connectivity index (χ0n) is 14.3. The van der Waals surface area contributed by atoms with E-state index >= 15 is 0 Å². The molecule has 4 nitrogen and oxygen atoms in total. The van der Waals surface area contributed by atoms with E-state index in [1.165, 1.54) is 17.7 Å². The average Bonchev–Trinajstić information content (AvgIpc) is 2.57. The van der Waals surface area contributed by atoms with E-state index in [0.717, 1.165) is 11.3 Å². The summed E-state index contributed by atoms with van der Waals surface area (Å²) in [6, 6.07) is 13.5. The zero-order chi connectivity index (χ0) is 17.5. The number of benzene rings is 2. The topological polar surface area (TPSA) is 41.6 Å². The largest absolute Gasteiger partial charge is 0.492 e. The van der Waals surface area contributed by atoms with E-state index in [0.29, 0.717) is 13.2 Å². The fourth-order valence-corrected chi connectivity index (χ4v) is 2.17. The summed E-state index contributed by atoms with van der Waals surface area (Å²) in [6.45, 7) is 4.76. The second-order valence-corrected chi connectivity index (χ2v) is 5.81. The highest BCUT2D eigenvalue weighted by atomic mass is 19.1. The number of likely N-dealkylation sites (N-methyl/N-ethyl adjacent to an activating group) is 1. The predicted molar refractivity (Wildman–Crippen MR) is 92.7 cm³/mol. The number of halogens is 1. The lowest BCUT2D eigenvalue weighted by molar-refractivity contribution is 0.192. The molecule has 0 aliphatic carbocycles. The quantitative estimate of drug-likeness (QED) is 0.872. The van der Waals surface area contributed by atoms with E-state index in [-0.39, 0.29) is 17.9 Å². The molecule has 2 rings (SSSR count). The molecule has 0 aliphatic rings. The molecule has 128 valence electrons. The highest BCUT2D eigenvalue weighted by Gasteiger charge is 2.13. The third kappa shape index (κ3) is 5.26. The summed E-state index contributed by atoms with van der Waals surface area (Å²) in [5.41, 5.74) is 2.03. The van der Waals surface area contributed by atoms with E-state index in [9.17, 15) is 9.18 Å². The van der Waals surface area contributed by atoms with Gasteiger partial charge in [0, 0.05) is 7.05 Å². The first-order valence-electron chi connectivity index (χ1n) is 7.92. The summed E-state index contributed by atoms with van der Waals surface area (Å²) in [6.07, 6.45) is 0. The molecule has 24 heavy (non-hydrogen) atoms. The number of aryl methyl sites for hydroxylation is 1. The Morgan fingerprint density at radius 2 is 1.79 bits per heavy atom. The molecule has 0 aliphatic heterocycles. The maximum absolute atomic E-state index is 12.9. The second kappa shape index (κ2) is 8.34. The molecule has 2 aromatic rings. The van der Waals surface area contributed by atoms with Gasteiger partial charge in [0.25, 0.3) is 0 Å². The first-order valence-corrected chi connectivity index (χ1v) is 7.92. The average molecular weight is 330 g/mol. The summed E-state index contributed by atoms with van der Waals surface area (Å²) in [5, 5.41) is 2.88. The van der Waals surface area contributed by atoms with Crippen LogP contribution in [0.5, 0.6) is 5.75 Å². The first kappa shape index (κ1) is 17.8. The highest BCUT2D eigenvalue weighted by molar-refractivity contribution is 5.74. The highest BCUT2D eigenvalue weighted by Crippen LogP contribution is 2.13. The first-order chi connectivity index (χ1) is 11.5. The fourth-order valence-electron chi connectivity index (χ4n) is 2.17. The summed E-state index contributed by atoms with van der Waals surface area (Å²) in [5.74, 6) is 0.497. The standard InChI is InChI=1S/C19H23FN2O2/c1-14-4-10-18(11-5-14)24-13-12-22(3)19(23)21-15(2)16-6-8-17(20)9-7-16/h4-11,15H,12-13H2,1-3H3,(H,21,23). The van der Waals surface area contributed by atoms with Crippen LogP contribution in [0.25, 0.3) is 0 Å². The van der Waals surface area contributed by atoms with Crippen LogP contribution in [0, 0.1) is 12.7 Å². The lowest BCUT2D eigenvalue weighted by Gasteiger charge is -2.21. The van der Waals surface area contributed by atoms with Crippen LogP contribution in [-0.2, 0) is 0 Å². The maximum atomic E-state index is 12.9. The minimum absolute atomic E-state index is 0.195. The van der Waals surface area contributed by atoms with Crippen LogP contribution >= 0.6 is 0 Å². The monoisotopic (exact) mass is 330 g/mol. The number of nitrogens with zero attached hydrogens (tertiary/aromatic N) is 1. The number of urea groups is 1. The summed E-state index contributed by atoms with van der Waals surface area (Å²) >= 11 is 0. The SMILES string of the molecule is Cc1ccc(OCCN(C)C(=O)NC(C)c2ccc(F)cc2)cc1. The molecule has 0 bridgehead atoms. The number of hydrogen-bond donors (Lipinski definition) is 1. The Morgan fingerprint density at radius 1 is 1.17 bits per heavy atom. The molecule has 1 N–H and O–H groups in total. The number of hydrogen-bond acceptors (Lipinski definition) is 2. The molecule has 1 atom stereocenters. The molecule has 2 aromatic carbocycles. The van der Waals surface area contributed by atoms with Crippen LogP contribution in [0.1, 0.15) is 24.1 Å². The van der Waals surface area contributed by atoms with E-state index in [1.807, 2.05) is 38.1 Å². The summed E-state index contributed by atoms with van der Waals surface area (Å²) in [4.78, 5) is 13.7. The molecule has 5 heteroatoms. The Balaban J connectivity index is 1.77. The van der Waals surface area contributed by atoms with E-state index in [1.54, 1.807) is 24.1 Å². The zero-order valence-corrected chi connectivity index (χ0v) is 14.3. The van der Waals surface area contributed by atoms with Gasteiger partial charge in [-0.25, -0.2) is 9.18 Å². The third-order valence-electron chi connectivity index (χ3n) is 3.77. The lowest BCUT2D eigenvalue weighted by Crippen LogP contribution is -2.40. The van der Waals surface area contributed by atoms with E-state index < -0.39 is 0 Å². The number of carbonyl (C=O) groups is 1. The van der Waals surface area contributed by atoms with Gasteiger partial charge in [0.05, 0.1) is 12.6 Å². The molecule has 0 heterocycles. The Labute approximate surface area is 142 Å². The molecule has 0 fully saturated rings. The molecular formula is C19H23FN2O2. The van der Waals surface area contributed by atoms with Crippen molar-refractivity contribution in [2.45, 2.75) is 19.9 Å². The molecule has 0 saturated heterocycles. The van der Waals surface area contributed by atoms with Crippen molar-refractivity contribution in [2.24, 2.45) is 0 Å². The maximum Gasteiger partial charge on any atom is 0.317 e. The third-order valence-corrected chi connectivity index (χ3v) is 3.77. The van der Waals surface area contributed by atoms with Crippen molar-refractivity contribution in [3.05, 3.63) is 65.5 Å². The molecule has 0 radical (unpaired) electrons. The normalized spacial score (nSPS) is 11.7. The van der Waals surface area contributed by atoms with Crippen LogP contribution < -0.4 is 10.1 Å². The molecule has 0 spiro atoms. The van der Waals surface area contributed by atoms with Gasteiger partial charge in [-0.3, -0.25) is 0 Å². The van der Waals surface area contributed by atoms with Gasteiger partial charge in [-0.15, -0.1) is 0 Å². The Hall–Kier alpha value is -2.56. The number of rotatable bonds is 6. The molecule has 2 amide bonds. The minimum Gasteiger partial charge on any atom is -0.492 e. The molecule has 0 aromatic heterocycles. The Kier molecular flexibility index (Phi) is 6.18. The number of ether oxygens (including phenoxy) is 1. The Morgan fingerprint density at radius 3 is 2.42 bits per heavy atom. The fraction of sp³-hybridized carbons (Fsp3) is 0.316. The van der Waals surface area contributed by atoms with Crippen molar-refractivity contribution in [3.8, 4) is 5.75 Å². The van der Waals surface area contributed by atoms with Crippen molar-refractivity contribution >= 4 is 6.03 Å². The molecule has 0 saturated carbocycles. The van der Waals surface area contributed by atoms with Crippen LogP contribution in [0.3, 0.4) is 0 Å². The van der Waals surface area contributed by atoms with Crippen molar-refractivity contribution < 1.29 is 13.9 Å². The van der Waals surface area contributed by atoms with Gasteiger partial charge in [0.1, 0.15) is 18.2 Å². The van der Waals surface area contributed by atoms with Gasteiger partial charge in [-0.1, -0.05) is 29.8 Å². The van der Waals surface area contributed by atoms with Gasteiger partial charge < -0.3 is 15.0 Å². The Bertz CT molecular complexity index is 656. The second-order valence-electron chi connectivity index (χ2n) is 5.81. The number of nitrogens with one attached hydrogen (secondary N) is 1. The van der Waals surface area contributed by atoms with Crippen molar-refractivity contribution in [1.82, 2.24) is 10.2 Å². The number of amides is 2. The molecule has 1 unspecified atom stereocenters. The predicted octanol–water partition coefficient (Wildman–Crippen LogP) is 3.92. The van der Waals surface area contributed by atoms with Crippen molar-refractivity contribution in [2.75, 3.05) is 20.2 Å².